The number of amides is 2. The minimum Gasteiger partial charge on any atom is -0.398 e. The van der Waals surface area contributed by atoms with Crippen LogP contribution in [0.2, 0.25) is 0 Å². The zero-order valence-corrected chi connectivity index (χ0v) is 21.2. The van der Waals surface area contributed by atoms with Crippen LogP contribution in [0.4, 0.5) is 5.69 Å². The van der Waals surface area contributed by atoms with E-state index < -0.39 is 0 Å². The van der Waals surface area contributed by atoms with Gasteiger partial charge in [0.2, 0.25) is 0 Å². The van der Waals surface area contributed by atoms with E-state index in [1.165, 1.54) is 32.0 Å². The average molecular weight is 500 g/mol. The fourth-order valence-electron chi connectivity index (χ4n) is 6.42. The van der Waals surface area contributed by atoms with Crippen molar-refractivity contribution in [2.75, 3.05) is 25.4 Å². The molecule has 1 saturated heterocycles. The molecule has 5 heteroatoms. The second kappa shape index (κ2) is 8.96. The molecule has 0 unspecified atom stereocenters. The van der Waals surface area contributed by atoms with Crippen LogP contribution in [0.3, 0.4) is 0 Å². The molecular formula is C33H29N3O2. The Kier molecular flexibility index (Phi) is 5.41. The SMILES string of the molecule is Nc1ccc2c3c(cccc13)C(=O)N(CC1CCN(Cc3c4ccccc4cc4ccccc34)CC1)C2=O. The lowest BCUT2D eigenvalue weighted by Crippen LogP contribution is -2.45. The molecule has 38 heavy (non-hydrogen) atoms. The van der Waals surface area contributed by atoms with Gasteiger partial charge in [-0.1, -0.05) is 60.7 Å². The Hall–Kier alpha value is -4.22. The minimum absolute atomic E-state index is 0.205. The van der Waals surface area contributed by atoms with Crippen molar-refractivity contribution in [2.45, 2.75) is 19.4 Å². The number of fused-ring (bicyclic) bond motifs is 2. The lowest BCUT2D eigenvalue weighted by Gasteiger charge is -2.36. The molecule has 7 rings (SSSR count). The van der Waals surface area contributed by atoms with E-state index in [0.29, 0.717) is 28.7 Å². The van der Waals surface area contributed by atoms with E-state index in [2.05, 4.69) is 59.5 Å². The monoisotopic (exact) mass is 499 g/mol. The van der Waals surface area contributed by atoms with Crippen LogP contribution in [-0.4, -0.2) is 41.2 Å². The lowest BCUT2D eigenvalue weighted by molar-refractivity contribution is 0.0553. The first-order valence-corrected chi connectivity index (χ1v) is 13.4. The molecule has 0 atom stereocenters. The van der Waals surface area contributed by atoms with Gasteiger partial charge in [-0.15, -0.1) is 0 Å². The number of anilines is 1. The molecule has 0 bridgehead atoms. The number of rotatable bonds is 4. The normalized spacial score (nSPS) is 16.7. The number of carbonyl (C=O) groups excluding carboxylic acids is 2. The number of nitrogens with two attached hydrogens (primary N) is 1. The molecule has 1 fully saturated rings. The summed E-state index contributed by atoms with van der Waals surface area (Å²) in [7, 11) is 0. The Balaban J connectivity index is 1.09. The quantitative estimate of drug-likeness (QED) is 0.181. The van der Waals surface area contributed by atoms with Gasteiger partial charge in [-0.05, 0) is 83.2 Å². The number of piperidine rings is 1. The van der Waals surface area contributed by atoms with Crippen molar-refractivity contribution < 1.29 is 9.59 Å². The topological polar surface area (TPSA) is 66.6 Å². The molecule has 0 aliphatic carbocycles. The van der Waals surface area contributed by atoms with Crippen molar-refractivity contribution in [3.05, 3.63) is 102 Å². The van der Waals surface area contributed by atoms with Crippen molar-refractivity contribution >= 4 is 49.8 Å². The smallest absolute Gasteiger partial charge is 0.261 e. The first kappa shape index (κ1) is 22.9. The van der Waals surface area contributed by atoms with Crippen LogP contribution in [0.1, 0.15) is 39.1 Å². The van der Waals surface area contributed by atoms with Gasteiger partial charge >= 0.3 is 0 Å². The van der Waals surface area contributed by atoms with Crippen LogP contribution in [-0.2, 0) is 6.54 Å². The molecule has 0 saturated carbocycles. The fourth-order valence-corrected chi connectivity index (χ4v) is 6.42. The van der Waals surface area contributed by atoms with Gasteiger partial charge in [-0.3, -0.25) is 19.4 Å². The average Bonchev–Trinajstić information content (AvgIpc) is 2.95. The number of nitrogen functional groups attached to an aromatic ring is 1. The van der Waals surface area contributed by atoms with Crippen LogP contribution in [0.5, 0.6) is 0 Å². The molecule has 0 radical (unpaired) electrons. The first-order valence-electron chi connectivity index (χ1n) is 13.4. The number of nitrogens with zero attached hydrogens (tertiary/aromatic N) is 2. The number of hydrogen-bond donors (Lipinski definition) is 1. The van der Waals surface area contributed by atoms with Crippen molar-refractivity contribution in [1.29, 1.82) is 0 Å². The Labute approximate surface area is 221 Å². The van der Waals surface area contributed by atoms with Crippen LogP contribution in [0.15, 0.2) is 84.9 Å². The number of likely N-dealkylation sites (tertiary alicyclic amines) is 1. The summed E-state index contributed by atoms with van der Waals surface area (Å²) in [6, 6.07) is 28.6. The van der Waals surface area contributed by atoms with Gasteiger partial charge in [0.1, 0.15) is 0 Å². The summed E-state index contributed by atoms with van der Waals surface area (Å²) in [5.41, 5.74) is 9.25. The second-order valence-corrected chi connectivity index (χ2v) is 10.7. The zero-order valence-electron chi connectivity index (χ0n) is 21.2. The van der Waals surface area contributed by atoms with Crippen LogP contribution in [0.25, 0.3) is 32.3 Å². The highest BCUT2D eigenvalue weighted by Gasteiger charge is 2.35. The molecular weight excluding hydrogens is 470 g/mol. The maximum atomic E-state index is 13.4. The molecule has 2 amide bonds. The Morgan fingerprint density at radius 3 is 2.00 bits per heavy atom. The molecule has 0 spiro atoms. The Bertz CT molecular complexity index is 1670. The van der Waals surface area contributed by atoms with Gasteiger partial charge in [-0.25, -0.2) is 0 Å². The molecule has 2 heterocycles. The standard InChI is InChI=1S/C33H29N3O2/c34-30-13-12-28-31-26(30)10-5-11-27(31)32(37)36(33(28)38)19-21-14-16-35(17-15-21)20-29-24-8-3-1-6-22(24)18-23-7-2-4-9-25(23)29/h1-13,18,21H,14-17,19-20,34H2. The molecule has 2 aliphatic rings. The summed E-state index contributed by atoms with van der Waals surface area (Å²) >= 11 is 0. The van der Waals surface area contributed by atoms with E-state index in [1.807, 2.05) is 18.2 Å². The van der Waals surface area contributed by atoms with Crippen LogP contribution in [0, 0.1) is 5.92 Å². The van der Waals surface area contributed by atoms with Crippen LogP contribution >= 0.6 is 0 Å². The van der Waals surface area contributed by atoms with Gasteiger partial charge in [0, 0.05) is 40.7 Å². The summed E-state index contributed by atoms with van der Waals surface area (Å²) in [5.74, 6) is -0.121. The fraction of sp³-hybridized carbons (Fsp3) is 0.212. The maximum absolute atomic E-state index is 13.4. The van der Waals surface area contributed by atoms with Crippen molar-refractivity contribution in [1.82, 2.24) is 9.80 Å². The molecule has 0 aromatic heterocycles. The van der Waals surface area contributed by atoms with Gasteiger partial charge in [-0.2, -0.15) is 0 Å². The van der Waals surface area contributed by atoms with Gasteiger partial charge in [0.15, 0.2) is 0 Å². The van der Waals surface area contributed by atoms with E-state index in [0.717, 1.165) is 37.9 Å². The highest BCUT2D eigenvalue weighted by molar-refractivity contribution is 6.26. The number of benzene rings is 5. The molecule has 188 valence electrons. The Morgan fingerprint density at radius 2 is 1.32 bits per heavy atom. The zero-order chi connectivity index (χ0) is 25.8. The van der Waals surface area contributed by atoms with Crippen LogP contribution < -0.4 is 5.73 Å². The van der Waals surface area contributed by atoms with Crippen molar-refractivity contribution in [3.63, 3.8) is 0 Å². The van der Waals surface area contributed by atoms with E-state index in [1.54, 1.807) is 12.1 Å². The molecule has 2 aliphatic heterocycles. The molecule has 5 nitrogen and oxygen atoms in total. The maximum Gasteiger partial charge on any atom is 0.261 e. The number of carbonyl (C=O) groups is 2. The van der Waals surface area contributed by atoms with Gasteiger partial charge in [0.25, 0.3) is 11.8 Å². The molecule has 2 N–H and O–H groups in total. The third-order valence-corrected chi connectivity index (χ3v) is 8.44. The lowest BCUT2D eigenvalue weighted by atomic mass is 9.90. The number of imide groups is 1. The van der Waals surface area contributed by atoms with E-state index >= 15 is 0 Å². The van der Waals surface area contributed by atoms with Crippen molar-refractivity contribution in [3.8, 4) is 0 Å². The third-order valence-electron chi connectivity index (χ3n) is 8.44. The largest absolute Gasteiger partial charge is 0.398 e. The predicted molar refractivity (Wildman–Crippen MR) is 153 cm³/mol. The molecule has 5 aromatic rings. The summed E-state index contributed by atoms with van der Waals surface area (Å²) in [6.07, 6.45) is 1.91. The third kappa shape index (κ3) is 3.65. The van der Waals surface area contributed by atoms with E-state index in [9.17, 15) is 9.59 Å². The summed E-state index contributed by atoms with van der Waals surface area (Å²) in [4.78, 5) is 30.8. The van der Waals surface area contributed by atoms with Gasteiger partial charge in [0.05, 0.1) is 0 Å². The first-order chi connectivity index (χ1) is 18.6. The Morgan fingerprint density at radius 1 is 0.711 bits per heavy atom. The van der Waals surface area contributed by atoms with Crippen molar-refractivity contribution in [2.24, 2.45) is 5.92 Å². The summed E-state index contributed by atoms with van der Waals surface area (Å²) < 4.78 is 0. The second-order valence-electron chi connectivity index (χ2n) is 10.7. The summed E-state index contributed by atoms with van der Waals surface area (Å²) in [6.45, 7) is 3.25. The summed E-state index contributed by atoms with van der Waals surface area (Å²) in [5, 5.41) is 6.63. The highest BCUT2D eigenvalue weighted by Crippen LogP contribution is 2.35. The van der Waals surface area contributed by atoms with E-state index in [4.69, 9.17) is 5.73 Å². The predicted octanol–water partition coefficient (Wildman–Crippen LogP) is 6.24. The number of hydrogen-bond acceptors (Lipinski definition) is 4. The minimum atomic E-state index is -0.205. The van der Waals surface area contributed by atoms with Gasteiger partial charge < -0.3 is 5.73 Å². The highest BCUT2D eigenvalue weighted by atomic mass is 16.2. The molecule has 5 aromatic carbocycles. The van der Waals surface area contributed by atoms with E-state index in [-0.39, 0.29) is 17.7 Å².